The Labute approximate surface area is 132 Å². The van der Waals surface area contributed by atoms with Crippen LogP contribution in [0.5, 0.6) is 5.75 Å². The van der Waals surface area contributed by atoms with Gasteiger partial charge in [-0.2, -0.15) is 8.42 Å². The lowest BCUT2D eigenvalue weighted by Crippen LogP contribution is -2.17. The summed E-state index contributed by atoms with van der Waals surface area (Å²) in [6.07, 6.45) is 0. The molecule has 1 aliphatic heterocycles. The molecule has 1 aromatic heterocycles. The van der Waals surface area contributed by atoms with Gasteiger partial charge in [-0.1, -0.05) is 0 Å². The molecule has 0 spiro atoms. The third kappa shape index (κ3) is 3.21. The quantitative estimate of drug-likeness (QED) is 0.784. The number of carboxylic acid groups (broad SMARTS) is 1. The maximum atomic E-state index is 10.9. The molecular formula is C11H8N2O6S3. The highest BCUT2D eigenvalue weighted by atomic mass is 32.3. The van der Waals surface area contributed by atoms with Crippen LogP contribution in [0.25, 0.3) is 10.2 Å². The van der Waals surface area contributed by atoms with Gasteiger partial charge in [0.1, 0.15) is 15.8 Å². The summed E-state index contributed by atoms with van der Waals surface area (Å²) < 4.78 is 35.1. The molecule has 8 nitrogen and oxygen atoms in total. The van der Waals surface area contributed by atoms with Gasteiger partial charge in [0.15, 0.2) is 6.04 Å². The number of nitrogens with zero attached hydrogens (tertiary/aromatic N) is 2. The molecule has 11 heteroatoms. The van der Waals surface area contributed by atoms with Crippen molar-refractivity contribution >= 4 is 54.7 Å². The van der Waals surface area contributed by atoms with Crippen molar-refractivity contribution in [2.75, 3.05) is 5.75 Å². The number of rotatable bonds is 4. The van der Waals surface area contributed by atoms with E-state index in [4.69, 9.17) is 9.66 Å². The lowest BCUT2D eigenvalue weighted by Gasteiger charge is -1.99. The number of carboxylic acids is 1. The first-order valence-corrected chi connectivity index (χ1v) is 9.00. The second-order valence-corrected chi connectivity index (χ2v) is 7.32. The minimum atomic E-state index is -4.58. The normalized spacial score (nSPS) is 18.4. The summed E-state index contributed by atoms with van der Waals surface area (Å²) in [5.74, 6) is -0.653. The third-order valence-corrected chi connectivity index (χ3v) is 5.29. The van der Waals surface area contributed by atoms with Crippen LogP contribution in [0.2, 0.25) is 0 Å². The highest BCUT2D eigenvalue weighted by Gasteiger charge is 2.26. The Balaban J connectivity index is 1.94. The van der Waals surface area contributed by atoms with Gasteiger partial charge in [0.25, 0.3) is 0 Å². The number of aliphatic imine (C=N–C) groups is 1. The highest BCUT2D eigenvalue weighted by Crippen LogP contribution is 2.31. The van der Waals surface area contributed by atoms with Gasteiger partial charge in [-0.05, 0) is 12.1 Å². The fourth-order valence-corrected chi connectivity index (χ4v) is 4.23. The Kier molecular flexibility index (Phi) is 3.80. The largest absolute Gasteiger partial charge is 0.480 e. The Morgan fingerprint density at radius 2 is 2.18 bits per heavy atom. The van der Waals surface area contributed by atoms with Crippen LogP contribution in [0.4, 0.5) is 0 Å². The van der Waals surface area contributed by atoms with E-state index in [0.717, 1.165) is 0 Å². The van der Waals surface area contributed by atoms with E-state index in [1.807, 2.05) is 0 Å². The molecule has 1 aromatic carbocycles. The maximum absolute atomic E-state index is 10.9. The van der Waals surface area contributed by atoms with Crippen LogP contribution >= 0.6 is 23.1 Å². The van der Waals surface area contributed by atoms with Crippen LogP contribution in [0.1, 0.15) is 5.01 Å². The van der Waals surface area contributed by atoms with Crippen LogP contribution in [-0.4, -0.2) is 45.9 Å². The second kappa shape index (κ2) is 5.50. The third-order valence-electron chi connectivity index (χ3n) is 2.68. The van der Waals surface area contributed by atoms with Crippen molar-refractivity contribution in [1.82, 2.24) is 4.98 Å². The van der Waals surface area contributed by atoms with E-state index in [-0.39, 0.29) is 5.75 Å². The standard InChI is InChI=1S/C11H8N2O6S3/c14-11(15)7-4-20-9(13-7)10-12-6-2-1-5(3-8(6)21-10)19-22(16,17)18/h1-3,7H,4H2,(H,14,15)(H,16,17,18). The van der Waals surface area contributed by atoms with Gasteiger partial charge in [-0.25, -0.2) is 9.78 Å². The Morgan fingerprint density at radius 3 is 2.82 bits per heavy atom. The predicted octanol–water partition coefficient (Wildman–Crippen LogP) is 1.42. The van der Waals surface area contributed by atoms with E-state index in [1.54, 1.807) is 6.07 Å². The molecule has 3 rings (SSSR count). The monoisotopic (exact) mass is 360 g/mol. The number of carbonyl (C=O) groups is 1. The summed E-state index contributed by atoms with van der Waals surface area (Å²) >= 11 is 2.55. The molecule has 1 unspecified atom stereocenters. The van der Waals surface area contributed by atoms with Crippen molar-refractivity contribution in [1.29, 1.82) is 0 Å². The molecule has 0 saturated heterocycles. The number of hydrogen-bond donors (Lipinski definition) is 2. The topological polar surface area (TPSA) is 126 Å². The molecule has 116 valence electrons. The minimum absolute atomic E-state index is 0.0328. The van der Waals surface area contributed by atoms with Crippen molar-refractivity contribution < 1.29 is 27.1 Å². The molecule has 0 saturated carbocycles. The van der Waals surface area contributed by atoms with Crippen molar-refractivity contribution in [2.45, 2.75) is 6.04 Å². The van der Waals surface area contributed by atoms with Crippen LogP contribution in [0, 0.1) is 0 Å². The number of fused-ring (bicyclic) bond motifs is 1. The summed E-state index contributed by atoms with van der Waals surface area (Å²) in [7, 11) is -4.58. The number of hydrogen-bond acceptors (Lipinski definition) is 8. The van der Waals surface area contributed by atoms with E-state index < -0.39 is 22.4 Å². The molecule has 2 heterocycles. The Hall–Kier alpha value is -1.69. The van der Waals surface area contributed by atoms with Crippen molar-refractivity contribution in [3.8, 4) is 5.75 Å². The molecule has 0 fully saturated rings. The number of aliphatic carboxylic acids is 1. The smallest absolute Gasteiger partial charge is 0.446 e. The lowest BCUT2D eigenvalue weighted by atomic mass is 10.3. The average Bonchev–Trinajstić information content (AvgIpc) is 3.02. The molecule has 0 bridgehead atoms. The van der Waals surface area contributed by atoms with E-state index >= 15 is 0 Å². The van der Waals surface area contributed by atoms with Crippen LogP contribution < -0.4 is 4.18 Å². The average molecular weight is 360 g/mol. The van der Waals surface area contributed by atoms with Crippen LogP contribution in [-0.2, 0) is 15.2 Å². The molecule has 22 heavy (non-hydrogen) atoms. The summed E-state index contributed by atoms with van der Waals surface area (Å²) in [5.41, 5.74) is 0.602. The van der Waals surface area contributed by atoms with Crippen molar-refractivity contribution in [3.63, 3.8) is 0 Å². The van der Waals surface area contributed by atoms with E-state index in [1.165, 1.54) is 35.2 Å². The first-order chi connectivity index (χ1) is 10.3. The summed E-state index contributed by atoms with van der Waals surface area (Å²) in [5, 5.41) is 10.0. The van der Waals surface area contributed by atoms with Gasteiger partial charge in [0.2, 0.25) is 0 Å². The zero-order chi connectivity index (χ0) is 15.9. The molecule has 0 aliphatic carbocycles. The fourth-order valence-electron chi connectivity index (χ4n) is 1.79. The predicted molar refractivity (Wildman–Crippen MR) is 82.2 cm³/mol. The molecule has 0 radical (unpaired) electrons. The van der Waals surface area contributed by atoms with Crippen LogP contribution in [0.15, 0.2) is 23.2 Å². The van der Waals surface area contributed by atoms with Gasteiger partial charge < -0.3 is 9.29 Å². The molecule has 2 aromatic rings. The molecular weight excluding hydrogens is 352 g/mol. The maximum Gasteiger partial charge on any atom is 0.446 e. The van der Waals surface area contributed by atoms with Gasteiger partial charge >= 0.3 is 16.4 Å². The van der Waals surface area contributed by atoms with E-state index in [9.17, 15) is 13.2 Å². The van der Waals surface area contributed by atoms with Gasteiger partial charge in [-0.3, -0.25) is 9.55 Å². The number of thiazole rings is 1. The van der Waals surface area contributed by atoms with Gasteiger partial charge in [0.05, 0.1) is 10.2 Å². The number of benzene rings is 1. The fraction of sp³-hybridized carbons (Fsp3) is 0.182. The second-order valence-electron chi connectivity index (χ2n) is 4.26. The molecule has 1 atom stereocenters. The van der Waals surface area contributed by atoms with E-state index in [0.29, 0.717) is 26.0 Å². The van der Waals surface area contributed by atoms with E-state index in [2.05, 4.69) is 14.2 Å². The van der Waals surface area contributed by atoms with Crippen LogP contribution in [0.3, 0.4) is 0 Å². The molecule has 1 aliphatic rings. The first kappa shape index (κ1) is 15.2. The summed E-state index contributed by atoms with van der Waals surface area (Å²) in [6, 6.07) is 3.57. The Morgan fingerprint density at radius 1 is 1.41 bits per heavy atom. The van der Waals surface area contributed by atoms with Crippen molar-refractivity contribution in [3.05, 3.63) is 23.2 Å². The minimum Gasteiger partial charge on any atom is -0.480 e. The Bertz CT molecular complexity index is 888. The molecule has 2 N–H and O–H groups in total. The summed E-state index contributed by atoms with van der Waals surface area (Å²) in [6.45, 7) is 0. The lowest BCUT2D eigenvalue weighted by molar-refractivity contribution is -0.137. The van der Waals surface area contributed by atoms with Gasteiger partial charge in [-0.15, -0.1) is 23.1 Å². The molecule has 0 amide bonds. The van der Waals surface area contributed by atoms with Gasteiger partial charge in [0, 0.05) is 11.8 Å². The zero-order valence-corrected chi connectivity index (χ0v) is 13.1. The summed E-state index contributed by atoms with van der Waals surface area (Å²) in [4.78, 5) is 19.3. The zero-order valence-electron chi connectivity index (χ0n) is 10.7. The number of thioether (sulfide) groups is 1. The SMILES string of the molecule is O=C(O)C1CSC(c2nc3ccc(OS(=O)(=O)O)cc3s2)=N1. The van der Waals surface area contributed by atoms with Crippen molar-refractivity contribution in [2.24, 2.45) is 4.99 Å². The first-order valence-electron chi connectivity index (χ1n) is 5.83. The highest BCUT2D eigenvalue weighted by molar-refractivity contribution is 8.15. The number of aromatic nitrogens is 1.